The Balaban J connectivity index is 1.53. The number of carbonyl (C=O) groups is 2. The molecule has 6 heteroatoms. The van der Waals surface area contributed by atoms with Crippen LogP contribution in [0, 0.1) is 6.92 Å². The summed E-state index contributed by atoms with van der Waals surface area (Å²) in [4.78, 5) is 30.3. The molecule has 2 aromatic carbocycles. The van der Waals surface area contributed by atoms with Gasteiger partial charge in [-0.15, -0.1) is 11.8 Å². The van der Waals surface area contributed by atoms with Crippen molar-refractivity contribution in [2.24, 2.45) is 0 Å². The topological polar surface area (TPSA) is 52.7 Å². The highest BCUT2D eigenvalue weighted by molar-refractivity contribution is 7.98. The van der Waals surface area contributed by atoms with E-state index >= 15 is 0 Å². The molecule has 1 heterocycles. The summed E-state index contributed by atoms with van der Waals surface area (Å²) in [6.07, 6.45) is 2.88. The Bertz CT molecular complexity index is 840. The number of hydrogen-bond acceptors (Lipinski definition) is 4. The molecule has 2 amide bonds. The summed E-state index contributed by atoms with van der Waals surface area (Å²) in [5.41, 5.74) is 2.65. The highest BCUT2D eigenvalue weighted by Gasteiger charge is 2.21. The lowest BCUT2D eigenvalue weighted by atomic mass is 10.1. The van der Waals surface area contributed by atoms with Gasteiger partial charge in [-0.2, -0.15) is 0 Å². The minimum absolute atomic E-state index is 0.0169. The second-order valence-electron chi connectivity index (χ2n) is 7.07. The zero-order valence-electron chi connectivity index (χ0n) is 16.5. The maximum Gasteiger partial charge on any atom is 0.253 e. The van der Waals surface area contributed by atoms with Crippen molar-refractivity contribution in [3.8, 4) is 0 Å². The smallest absolute Gasteiger partial charge is 0.253 e. The molecule has 1 N–H and O–H groups in total. The minimum atomic E-state index is -0.0169. The molecule has 1 fully saturated rings. The van der Waals surface area contributed by atoms with Crippen LogP contribution in [0.4, 0.5) is 5.69 Å². The number of benzene rings is 2. The number of carbonyl (C=O) groups excluding carboxylic acids is 2. The average molecular weight is 398 g/mol. The molecular formula is C22H27N3O2S. The Labute approximate surface area is 171 Å². The summed E-state index contributed by atoms with van der Waals surface area (Å²) < 4.78 is 0. The molecule has 148 valence electrons. The molecule has 5 nitrogen and oxygen atoms in total. The van der Waals surface area contributed by atoms with E-state index in [0.29, 0.717) is 19.6 Å². The summed E-state index contributed by atoms with van der Waals surface area (Å²) in [6.45, 7) is 5.22. The maximum atomic E-state index is 12.8. The maximum absolute atomic E-state index is 12.8. The van der Waals surface area contributed by atoms with Gasteiger partial charge < -0.3 is 10.2 Å². The molecule has 28 heavy (non-hydrogen) atoms. The van der Waals surface area contributed by atoms with E-state index in [0.717, 1.165) is 41.2 Å². The van der Waals surface area contributed by atoms with E-state index in [2.05, 4.69) is 10.2 Å². The van der Waals surface area contributed by atoms with E-state index in [1.165, 1.54) is 0 Å². The minimum Gasteiger partial charge on any atom is -0.337 e. The highest BCUT2D eigenvalue weighted by Crippen LogP contribution is 2.19. The van der Waals surface area contributed by atoms with E-state index in [1.54, 1.807) is 11.8 Å². The van der Waals surface area contributed by atoms with Gasteiger partial charge in [0.05, 0.1) is 6.54 Å². The Kier molecular flexibility index (Phi) is 7.12. The van der Waals surface area contributed by atoms with Crippen LogP contribution in [0.2, 0.25) is 0 Å². The van der Waals surface area contributed by atoms with Crippen molar-refractivity contribution in [2.45, 2.75) is 18.2 Å². The third-order valence-electron chi connectivity index (χ3n) is 4.86. The molecule has 3 rings (SSSR count). The highest BCUT2D eigenvalue weighted by atomic mass is 32.2. The van der Waals surface area contributed by atoms with Crippen molar-refractivity contribution < 1.29 is 9.59 Å². The zero-order valence-corrected chi connectivity index (χ0v) is 17.3. The number of anilines is 1. The van der Waals surface area contributed by atoms with E-state index in [-0.39, 0.29) is 11.8 Å². The fraction of sp³-hybridized carbons (Fsp3) is 0.364. The van der Waals surface area contributed by atoms with Crippen molar-refractivity contribution in [1.29, 1.82) is 0 Å². The first-order valence-corrected chi connectivity index (χ1v) is 10.8. The average Bonchev–Trinajstić information content (AvgIpc) is 2.93. The van der Waals surface area contributed by atoms with Crippen LogP contribution in [-0.2, 0) is 4.79 Å². The van der Waals surface area contributed by atoms with Gasteiger partial charge in [-0.3, -0.25) is 14.5 Å². The molecular weight excluding hydrogens is 370 g/mol. The third-order valence-corrected chi connectivity index (χ3v) is 5.59. The second kappa shape index (κ2) is 9.75. The molecule has 0 aliphatic carbocycles. The van der Waals surface area contributed by atoms with Gasteiger partial charge in [0.15, 0.2) is 0 Å². The summed E-state index contributed by atoms with van der Waals surface area (Å²) in [6, 6.07) is 15.6. The van der Waals surface area contributed by atoms with Crippen LogP contribution in [0.3, 0.4) is 0 Å². The van der Waals surface area contributed by atoms with Crippen LogP contribution in [0.15, 0.2) is 53.4 Å². The molecule has 1 saturated heterocycles. The molecule has 0 bridgehead atoms. The van der Waals surface area contributed by atoms with E-state index in [1.807, 2.05) is 66.6 Å². The van der Waals surface area contributed by atoms with Gasteiger partial charge >= 0.3 is 0 Å². The molecule has 0 unspecified atom stereocenters. The van der Waals surface area contributed by atoms with Gasteiger partial charge in [-0.25, -0.2) is 0 Å². The predicted molar refractivity (Wildman–Crippen MR) is 115 cm³/mol. The standard InChI is InChI=1S/C22H27N3O2S/c1-17-6-3-7-18(14-17)22(27)25-11-5-10-24(12-13-25)16-21(26)23-19-8-4-9-20(15-19)28-2/h3-4,6-9,14-15H,5,10-13,16H2,1-2H3,(H,23,26). The predicted octanol–water partition coefficient (Wildman–Crippen LogP) is 3.50. The van der Waals surface area contributed by atoms with Crippen molar-refractivity contribution in [3.05, 3.63) is 59.7 Å². The van der Waals surface area contributed by atoms with Crippen LogP contribution >= 0.6 is 11.8 Å². The number of thioether (sulfide) groups is 1. The summed E-state index contributed by atoms with van der Waals surface area (Å²) in [7, 11) is 0. The summed E-state index contributed by atoms with van der Waals surface area (Å²) in [5.74, 6) is 0.0561. The van der Waals surface area contributed by atoms with Crippen LogP contribution in [0.1, 0.15) is 22.3 Å². The van der Waals surface area contributed by atoms with Crippen molar-refractivity contribution in [2.75, 3.05) is 44.3 Å². The Morgan fingerprint density at radius 2 is 1.86 bits per heavy atom. The number of nitrogens with zero attached hydrogens (tertiary/aromatic N) is 2. The van der Waals surface area contributed by atoms with E-state index in [9.17, 15) is 9.59 Å². The van der Waals surface area contributed by atoms with Crippen LogP contribution < -0.4 is 5.32 Å². The first-order chi connectivity index (χ1) is 13.5. The Morgan fingerprint density at radius 1 is 1.04 bits per heavy atom. The lowest BCUT2D eigenvalue weighted by Crippen LogP contribution is -2.38. The molecule has 1 aliphatic heterocycles. The lowest BCUT2D eigenvalue weighted by Gasteiger charge is -2.22. The molecule has 0 radical (unpaired) electrons. The zero-order chi connectivity index (χ0) is 19.9. The first-order valence-electron chi connectivity index (χ1n) is 9.57. The molecule has 1 aliphatic rings. The van der Waals surface area contributed by atoms with Gasteiger partial charge in [0.25, 0.3) is 5.91 Å². The SMILES string of the molecule is CSc1cccc(NC(=O)CN2CCCN(C(=O)c3cccc(C)c3)CC2)c1. The van der Waals surface area contributed by atoms with Crippen LogP contribution in [0.5, 0.6) is 0 Å². The molecule has 2 aromatic rings. The molecule has 0 aromatic heterocycles. The molecule has 0 saturated carbocycles. The van der Waals surface area contributed by atoms with Crippen molar-refractivity contribution in [1.82, 2.24) is 9.80 Å². The van der Waals surface area contributed by atoms with Gasteiger partial charge in [0, 0.05) is 42.3 Å². The number of rotatable bonds is 5. The normalized spacial score (nSPS) is 15.1. The quantitative estimate of drug-likeness (QED) is 0.785. The number of nitrogens with one attached hydrogen (secondary N) is 1. The second-order valence-corrected chi connectivity index (χ2v) is 7.95. The first kappa shape index (κ1) is 20.4. The molecule has 0 atom stereocenters. The summed E-state index contributed by atoms with van der Waals surface area (Å²) >= 11 is 1.65. The van der Waals surface area contributed by atoms with Gasteiger partial charge in [0.2, 0.25) is 5.91 Å². The lowest BCUT2D eigenvalue weighted by molar-refractivity contribution is -0.117. The Hall–Kier alpha value is -2.31. The van der Waals surface area contributed by atoms with E-state index < -0.39 is 0 Å². The van der Waals surface area contributed by atoms with E-state index in [4.69, 9.17) is 0 Å². The molecule has 0 spiro atoms. The fourth-order valence-corrected chi connectivity index (χ4v) is 3.86. The van der Waals surface area contributed by atoms with Gasteiger partial charge in [-0.05, 0) is 49.9 Å². The van der Waals surface area contributed by atoms with Crippen molar-refractivity contribution in [3.63, 3.8) is 0 Å². The number of hydrogen-bond donors (Lipinski definition) is 1. The fourth-order valence-electron chi connectivity index (χ4n) is 3.40. The monoisotopic (exact) mass is 397 g/mol. The van der Waals surface area contributed by atoms with Crippen LogP contribution in [-0.4, -0.2) is 60.6 Å². The van der Waals surface area contributed by atoms with Gasteiger partial charge in [-0.1, -0.05) is 23.8 Å². The largest absolute Gasteiger partial charge is 0.337 e. The van der Waals surface area contributed by atoms with Gasteiger partial charge in [0.1, 0.15) is 0 Å². The number of amides is 2. The van der Waals surface area contributed by atoms with Crippen LogP contribution in [0.25, 0.3) is 0 Å². The number of aryl methyl sites for hydroxylation is 1. The summed E-state index contributed by atoms with van der Waals surface area (Å²) in [5, 5.41) is 2.98. The Morgan fingerprint density at radius 3 is 2.64 bits per heavy atom. The third kappa shape index (κ3) is 5.59. The van der Waals surface area contributed by atoms with Crippen molar-refractivity contribution >= 4 is 29.3 Å².